The molecule has 1 unspecified atom stereocenters. The zero-order valence-corrected chi connectivity index (χ0v) is 19.5. The van der Waals surface area contributed by atoms with Gasteiger partial charge < -0.3 is 10.6 Å². The summed E-state index contributed by atoms with van der Waals surface area (Å²) in [6, 6.07) is 14.5. The predicted octanol–water partition coefficient (Wildman–Crippen LogP) is 5.21. The fourth-order valence-electron chi connectivity index (χ4n) is 3.51. The number of carbonyl (C=O) groups excluding carboxylic acids is 2. The van der Waals surface area contributed by atoms with Gasteiger partial charge in [0.25, 0.3) is 18.5 Å². The number of nitriles is 1. The lowest BCUT2D eigenvalue weighted by atomic mass is 9.50. The topological polar surface area (TPSA) is 94.9 Å². The van der Waals surface area contributed by atoms with Gasteiger partial charge in [-0.25, -0.2) is 14.0 Å². The summed E-state index contributed by atoms with van der Waals surface area (Å²) in [5, 5.41) is 15.7. The second-order valence-electron chi connectivity index (χ2n) is 8.80. The summed E-state index contributed by atoms with van der Waals surface area (Å²) in [4.78, 5) is 25.9. The molecule has 2 heterocycles. The molecule has 1 saturated carbocycles. The first-order valence-electron chi connectivity index (χ1n) is 11.5. The highest BCUT2D eigenvalue weighted by Gasteiger charge is 2.51. The highest BCUT2D eigenvalue weighted by molar-refractivity contribution is 6.68. The minimum atomic E-state index is -3.01. The number of amides is 2. The molecule has 35 heavy (non-hydrogen) atoms. The molecule has 0 bridgehead atoms. The molecule has 5 rings (SSSR count). The van der Waals surface area contributed by atoms with Crippen LogP contribution in [0.15, 0.2) is 67.0 Å². The molecule has 180 valence electrons. The minimum absolute atomic E-state index is 0.00206. The van der Waals surface area contributed by atoms with Gasteiger partial charge in [-0.15, -0.1) is 0 Å². The number of nitrogens with one attached hydrogen (secondary N) is 2. The Hall–Kier alpha value is -3.80. The van der Waals surface area contributed by atoms with Gasteiger partial charge in [-0.2, -0.15) is 0 Å². The Morgan fingerprint density at radius 2 is 1.89 bits per heavy atom. The molecule has 1 aromatic heterocycles. The van der Waals surface area contributed by atoms with Crippen LogP contribution >= 0.6 is 0 Å². The Balaban J connectivity index is 0.000000174. The Morgan fingerprint density at radius 3 is 2.49 bits per heavy atom. The van der Waals surface area contributed by atoms with Crippen LogP contribution in [0.25, 0.3) is 10.8 Å². The molecule has 1 aliphatic heterocycles. The summed E-state index contributed by atoms with van der Waals surface area (Å²) in [5.74, 6) is -0.623. The van der Waals surface area contributed by atoms with Gasteiger partial charge in [0.1, 0.15) is 0 Å². The first-order chi connectivity index (χ1) is 16.8. The van der Waals surface area contributed by atoms with E-state index >= 15 is 0 Å². The van der Waals surface area contributed by atoms with Gasteiger partial charge in [-0.1, -0.05) is 44.0 Å². The van der Waals surface area contributed by atoms with E-state index in [1.807, 2.05) is 30.2 Å². The maximum absolute atomic E-state index is 13.6. The standard InChI is InChI=1S/C12H11BF2N2O.C10H8N2O.C4H8/c14-12(15)7-13(8-16)6-10(12)17-11(18)9-4-2-1-3-5-9;13-7-12-10-2-1-9-6-11-4-3-8(9)5-10;1-4-2-3-4/h1-5,10H,6-7H2,(H,17,18);1-7H,(H,12,13);4H,2-3H2,1H3. The number of fused-ring (bicyclic) bond motifs is 1. The van der Waals surface area contributed by atoms with Crippen molar-refractivity contribution in [3.63, 3.8) is 0 Å². The van der Waals surface area contributed by atoms with Crippen LogP contribution in [0.2, 0.25) is 12.6 Å². The van der Waals surface area contributed by atoms with Crippen LogP contribution in [0.5, 0.6) is 0 Å². The molecule has 2 amide bonds. The molecule has 0 radical (unpaired) electrons. The van der Waals surface area contributed by atoms with E-state index in [-0.39, 0.29) is 6.32 Å². The van der Waals surface area contributed by atoms with Crippen LogP contribution < -0.4 is 10.6 Å². The SMILES string of the molecule is CC1CC1.N#CB1CC(NC(=O)c2ccccc2)C(F)(F)C1.O=CNc1ccc2cnccc2c1. The monoisotopic (exact) mass is 476 g/mol. The average Bonchev–Trinajstić information content (AvgIpc) is 3.60. The van der Waals surface area contributed by atoms with Crippen molar-refractivity contribution >= 4 is 35.5 Å². The lowest BCUT2D eigenvalue weighted by molar-refractivity contribution is -0.105. The fourth-order valence-corrected chi connectivity index (χ4v) is 3.51. The van der Waals surface area contributed by atoms with Crippen molar-refractivity contribution < 1.29 is 18.4 Å². The van der Waals surface area contributed by atoms with Crippen LogP contribution in [0.1, 0.15) is 30.1 Å². The predicted molar refractivity (Wildman–Crippen MR) is 133 cm³/mol. The van der Waals surface area contributed by atoms with E-state index < -0.39 is 30.9 Å². The molecule has 0 spiro atoms. The van der Waals surface area contributed by atoms with Crippen LogP contribution in [0.4, 0.5) is 14.5 Å². The van der Waals surface area contributed by atoms with Gasteiger partial charge >= 0.3 is 0 Å². The highest BCUT2D eigenvalue weighted by atomic mass is 19.3. The van der Waals surface area contributed by atoms with E-state index in [0.29, 0.717) is 12.0 Å². The second kappa shape index (κ2) is 12.1. The van der Waals surface area contributed by atoms with Crippen molar-refractivity contribution in [1.29, 1.82) is 5.26 Å². The van der Waals surface area contributed by atoms with Gasteiger partial charge in [0, 0.05) is 41.3 Å². The van der Waals surface area contributed by atoms with E-state index in [1.54, 1.807) is 42.7 Å². The molecular formula is C26H27BF2N4O2. The van der Waals surface area contributed by atoms with Crippen LogP contribution in [0, 0.1) is 17.1 Å². The third-order valence-corrected chi connectivity index (χ3v) is 5.80. The van der Waals surface area contributed by atoms with E-state index in [0.717, 1.165) is 22.4 Å². The Kier molecular flexibility index (Phi) is 8.90. The molecular weight excluding hydrogens is 449 g/mol. The molecule has 2 aliphatic rings. The fraction of sp³-hybridized carbons (Fsp3) is 0.308. The van der Waals surface area contributed by atoms with Crippen LogP contribution in [-0.4, -0.2) is 36.0 Å². The molecule has 3 aromatic rings. The summed E-state index contributed by atoms with van der Waals surface area (Å²) in [6.07, 6.45) is 6.68. The number of benzene rings is 2. The summed E-state index contributed by atoms with van der Waals surface area (Å²) in [5.41, 5.74) is 1.14. The van der Waals surface area contributed by atoms with Crippen LogP contribution in [0.3, 0.4) is 0 Å². The van der Waals surface area contributed by atoms with E-state index in [2.05, 4.69) is 22.5 Å². The Bertz CT molecular complexity index is 1180. The van der Waals surface area contributed by atoms with Crippen molar-refractivity contribution in [2.24, 2.45) is 5.92 Å². The molecule has 1 aliphatic carbocycles. The quantitative estimate of drug-likeness (QED) is 0.399. The van der Waals surface area contributed by atoms with E-state index in [1.165, 1.54) is 12.8 Å². The molecule has 2 aromatic carbocycles. The number of aromatic nitrogens is 1. The number of carbonyl (C=O) groups is 2. The number of rotatable bonds is 4. The zero-order valence-electron chi connectivity index (χ0n) is 19.5. The molecule has 9 heteroatoms. The largest absolute Gasteiger partial charge is 0.344 e. The third-order valence-electron chi connectivity index (χ3n) is 5.80. The van der Waals surface area contributed by atoms with Crippen molar-refractivity contribution in [3.05, 3.63) is 72.6 Å². The average molecular weight is 476 g/mol. The first kappa shape index (κ1) is 25.8. The molecule has 6 nitrogen and oxygen atoms in total. The number of halogens is 2. The summed E-state index contributed by atoms with van der Waals surface area (Å²) in [6.45, 7) is 1.58. The molecule has 1 atom stereocenters. The number of hydrogen-bond donors (Lipinski definition) is 2. The van der Waals surface area contributed by atoms with E-state index in [9.17, 15) is 18.4 Å². The molecule has 2 fully saturated rings. The lowest BCUT2D eigenvalue weighted by Crippen LogP contribution is -2.43. The summed E-state index contributed by atoms with van der Waals surface area (Å²) >= 11 is 0. The number of anilines is 1. The first-order valence-corrected chi connectivity index (χ1v) is 11.5. The van der Waals surface area contributed by atoms with Gasteiger partial charge in [0.15, 0.2) is 0 Å². The Morgan fingerprint density at radius 1 is 1.17 bits per heavy atom. The number of alkyl halides is 2. The van der Waals surface area contributed by atoms with Gasteiger partial charge in [-0.05, 0) is 48.0 Å². The molecule has 2 N–H and O–H groups in total. The number of hydrogen-bond acceptors (Lipinski definition) is 4. The highest BCUT2D eigenvalue weighted by Crippen LogP contribution is 2.36. The van der Waals surface area contributed by atoms with Crippen molar-refractivity contribution in [3.8, 4) is 5.97 Å². The molecule has 1 saturated heterocycles. The third kappa shape index (κ3) is 7.88. The normalized spacial score (nSPS) is 17.7. The lowest BCUT2D eigenvalue weighted by Gasteiger charge is -2.20. The smallest absolute Gasteiger partial charge is 0.276 e. The van der Waals surface area contributed by atoms with Crippen molar-refractivity contribution in [2.75, 3.05) is 5.32 Å². The van der Waals surface area contributed by atoms with Gasteiger partial charge in [0.2, 0.25) is 6.41 Å². The number of pyridine rings is 1. The van der Waals surface area contributed by atoms with Crippen molar-refractivity contribution in [2.45, 2.75) is 44.4 Å². The van der Waals surface area contributed by atoms with Crippen LogP contribution in [-0.2, 0) is 4.79 Å². The minimum Gasteiger partial charge on any atom is -0.344 e. The second-order valence-corrected chi connectivity index (χ2v) is 8.80. The van der Waals surface area contributed by atoms with E-state index in [4.69, 9.17) is 5.26 Å². The van der Waals surface area contributed by atoms with Crippen molar-refractivity contribution in [1.82, 2.24) is 10.3 Å². The Labute approximate surface area is 203 Å². The maximum Gasteiger partial charge on any atom is 0.276 e. The van der Waals surface area contributed by atoms with Gasteiger partial charge in [-0.3, -0.25) is 14.6 Å². The van der Waals surface area contributed by atoms with Gasteiger partial charge in [0.05, 0.1) is 6.04 Å². The summed E-state index contributed by atoms with van der Waals surface area (Å²) in [7, 11) is 0. The number of nitrogens with zero attached hydrogens (tertiary/aromatic N) is 2. The maximum atomic E-state index is 13.6. The summed E-state index contributed by atoms with van der Waals surface area (Å²) < 4.78 is 27.1. The zero-order chi connectivity index (χ0) is 25.3.